The lowest BCUT2D eigenvalue weighted by Crippen LogP contribution is -2.10. The summed E-state index contributed by atoms with van der Waals surface area (Å²) in [6, 6.07) is 1.07. The van der Waals surface area contributed by atoms with E-state index >= 15 is 0 Å². The maximum atomic E-state index is 13.9. The van der Waals surface area contributed by atoms with E-state index in [4.69, 9.17) is 5.11 Å². The molecule has 0 saturated heterocycles. The third-order valence-electron chi connectivity index (χ3n) is 3.60. The van der Waals surface area contributed by atoms with E-state index in [9.17, 15) is 17.6 Å². The SMILES string of the molecule is OCCc1n[nH]cc1Nc1ncc(F)c(NCc2c(F)cc(F)cc2F)n1. The Morgan fingerprint density at radius 1 is 1.07 bits per heavy atom. The molecule has 142 valence electrons. The van der Waals surface area contributed by atoms with Crippen molar-refractivity contribution < 1.29 is 22.7 Å². The lowest BCUT2D eigenvalue weighted by Gasteiger charge is -2.10. The summed E-state index contributed by atoms with van der Waals surface area (Å²) in [6.07, 6.45) is 2.66. The van der Waals surface area contributed by atoms with Crippen molar-refractivity contribution in [2.24, 2.45) is 0 Å². The fraction of sp³-hybridized carbons (Fsp3) is 0.188. The van der Waals surface area contributed by atoms with Crippen LogP contribution in [0.4, 0.5) is 35.0 Å². The van der Waals surface area contributed by atoms with Crippen LogP contribution in [0.1, 0.15) is 11.3 Å². The molecular weight excluding hydrogens is 368 g/mol. The summed E-state index contributed by atoms with van der Waals surface area (Å²) in [5.74, 6) is -4.39. The second-order valence-corrected chi connectivity index (χ2v) is 5.44. The molecular formula is C16H14F4N6O. The first-order chi connectivity index (χ1) is 13.0. The number of rotatable bonds is 7. The van der Waals surface area contributed by atoms with Crippen LogP contribution >= 0.6 is 0 Å². The van der Waals surface area contributed by atoms with E-state index in [0.717, 1.165) is 6.20 Å². The van der Waals surface area contributed by atoms with Crippen LogP contribution in [-0.2, 0) is 13.0 Å². The largest absolute Gasteiger partial charge is 0.396 e. The van der Waals surface area contributed by atoms with Gasteiger partial charge in [0, 0.05) is 43.5 Å². The summed E-state index contributed by atoms with van der Waals surface area (Å²) in [5.41, 5.74) is 0.552. The Labute approximate surface area is 150 Å². The predicted octanol–water partition coefficient (Wildman–Crippen LogP) is 2.65. The Morgan fingerprint density at radius 3 is 2.52 bits per heavy atom. The van der Waals surface area contributed by atoms with Crippen molar-refractivity contribution >= 4 is 17.5 Å². The number of aromatic amines is 1. The lowest BCUT2D eigenvalue weighted by molar-refractivity contribution is 0.298. The average Bonchev–Trinajstić information content (AvgIpc) is 3.04. The van der Waals surface area contributed by atoms with Crippen LogP contribution in [0, 0.1) is 23.3 Å². The zero-order valence-corrected chi connectivity index (χ0v) is 13.7. The number of nitrogens with one attached hydrogen (secondary N) is 3. The number of halogens is 4. The van der Waals surface area contributed by atoms with Crippen LogP contribution in [0.25, 0.3) is 0 Å². The van der Waals surface area contributed by atoms with E-state index in [2.05, 4.69) is 30.8 Å². The Hall–Kier alpha value is -3.21. The minimum absolute atomic E-state index is 0.000426. The molecule has 11 heteroatoms. The van der Waals surface area contributed by atoms with Gasteiger partial charge in [-0.3, -0.25) is 5.10 Å². The first kappa shape index (κ1) is 18.6. The van der Waals surface area contributed by atoms with Crippen molar-refractivity contribution in [1.82, 2.24) is 20.2 Å². The van der Waals surface area contributed by atoms with Gasteiger partial charge in [0.05, 0.1) is 17.6 Å². The molecule has 0 unspecified atom stereocenters. The van der Waals surface area contributed by atoms with Crippen molar-refractivity contribution in [1.29, 1.82) is 0 Å². The number of hydrogen-bond acceptors (Lipinski definition) is 6. The van der Waals surface area contributed by atoms with Crippen molar-refractivity contribution in [3.63, 3.8) is 0 Å². The van der Waals surface area contributed by atoms with Crippen LogP contribution in [0.2, 0.25) is 0 Å². The van der Waals surface area contributed by atoms with Crippen molar-refractivity contribution in [2.75, 3.05) is 17.2 Å². The highest BCUT2D eigenvalue weighted by molar-refractivity contribution is 5.56. The minimum atomic E-state index is -1.10. The van der Waals surface area contributed by atoms with E-state index < -0.39 is 35.4 Å². The molecule has 0 aliphatic carbocycles. The van der Waals surface area contributed by atoms with E-state index in [1.165, 1.54) is 6.20 Å². The van der Waals surface area contributed by atoms with Gasteiger partial charge in [-0.1, -0.05) is 0 Å². The van der Waals surface area contributed by atoms with Crippen molar-refractivity contribution in [3.8, 4) is 0 Å². The molecule has 2 aromatic heterocycles. The molecule has 0 fully saturated rings. The molecule has 0 radical (unpaired) electrons. The number of aromatic nitrogens is 4. The highest BCUT2D eigenvalue weighted by atomic mass is 19.1. The van der Waals surface area contributed by atoms with Gasteiger partial charge in [-0.05, 0) is 0 Å². The van der Waals surface area contributed by atoms with Crippen LogP contribution in [0.5, 0.6) is 0 Å². The molecule has 3 aromatic rings. The molecule has 0 saturated carbocycles. The fourth-order valence-corrected chi connectivity index (χ4v) is 2.31. The standard InChI is InChI=1S/C16H14F4N6O/c17-8-3-10(18)9(11(19)4-8)5-21-15-12(20)6-22-16(25-15)24-14-7-23-26-13(14)1-2-27/h3-4,6-7,27H,1-2,5H2,(H,23,26)(H2,21,22,24,25). The summed E-state index contributed by atoms with van der Waals surface area (Å²) in [4.78, 5) is 7.69. The second kappa shape index (κ2) is 7.99. The molecule has 27 heavy (non-hydrogen) atoms. The molecule has 0 atom stereocenters. The molecule has 4 N–H and O–H groups in total. The van der Waals surface area contributed by atoms with E-state index in [1.807, 2.05) is 0 Å². The Morgan fingerprint density at radius 2 is 1.81 bits per heavy atom. The topological polar surface area (TPSA) is 98.8 Å². The number of aliphatic hydroxyl groups excluding tert-OH is 1. The Balaban J connectivity index is 1.77. The molecule has 7 nitrogen and oxygen atoms in total. The van der Waals surface area contributed by atoms with Crippen LogP contribution < -0.4 is 10.6 Å². The van der Waals surface area contributed by atoms with Gasteiger partial charge in [0.2, 0.25) is 5.95 Å². The van der Waals surface area contributed by atoms with E-state index in [1.54, 1.807) is 0 Å². The van der Waals surface area contributed by atoms with Crippen molar-refractivity contribution in [3.05, 3.63) is 59.1 Å². The summed E-state index contributed by atoms with van der Waals surface area (Å²) < 4.78 is 54.2. The summed E-state index contributed by atoms with van der Waals surface area (Å²) >= 11 is 0. The monoisotopic (exact) mass is 382 g/mol. The van der Waals surface area contributed by atoms with Gasteiger partial charge in [-0.15, -0.1) is 0 Å². The average molecular weight is 382 g/mol. The maximum absolute atomic E-state index is 13.9. The Kier molecular flexibility index (Phi) is 5.50. The third kappa shape index (κ3) is 4.31. The highest BCUT2D eigenvalue weighted by Crippen LogP contribution is 2.21. The highest BCUT2D eigenvalue weighted by Gasteiger charge is 2.14. The minimum Gasteiger partial charge on any atom is -0.396 e. The van der Waals surface area contributed by atoms with Crippen LogP contribution in [0.15, 0.2) is 24.5 Å². The number of hydrogen-bond donors (Lipinski definition) is 4. The summed E-state index contributed by atoms with van der Waals surface area (Å²) in [6.45, 7) is -0.571. The van der Waals surface area contributed by atoms with Gasteiger partial charge in [-0.2, -0.15) is 10.1 Å². The molecule has 0 spiro atoms. The maximum Gasteiger partial charge on any atom is 0.229 e. The number of aliphatic hydroxyl groups is 1. The van der Waals surface area contributed by atoms with Crippen molar-refractivity contribution in [2.45, 2.75) is 13.0 Å². The quantitative estimate of drug-likeness (QED) is 0.469. The third-order valence-corrected chi connectivity index (χ3v) is 3.60. The zero-order chi connectivity index (χ0) is 19.4. The zero-order valence-electron chi connectivity index (χ0n) is 13.7. The molecule has 0 amide bonds. The van der Waals surface area contributed by atoms with Gasteiger partial charge in [0.25, 0.3) is 0 Å². The molecule has 0 bridgehead atoms. The van der Waals surface area contributed by atoms with E-state index in [-0.39, 0.29) is 24.8 Å². The molecule has 0 aliphatic heterocycles. The Bertz CT molecular complexity index is 925. The number of nitrogens with zero attached hydrogens (tertiary/aromatic N) is 3. The van der Waals surface area contributed by atoms with E-state index in [0.29, 0.717) is 23.5 Å². The first-order valence-corrected chi connectivity index (χ1v) is 7.78. The molecule has 3 rings (SSSR count). The van der Waals surface area contributed by atoms with Gasteiger partial charge in [0.15, 0.2) is 11.6 Å². The normalized spacial score (nSPS) is 10.9. The number of H-pyrrole nitrogens is 1. The van der Waals surface area contributed by atoms with Gasteiger partial charge in [0.1, 0.15) is 17.5 Å². The smallest absolute Gasteiger partial charge is 0.229 e. The van der Waals surface area contributed by atoms with Gasteiger partial charge >= 0.3 is 0 Å². The second-order valence-electron chi connectivity index (χ2n) is 5.44. The van der Waals surface area contributed by atoms with Gasteiger partial charge in [-0.25, -0.2) is 22.5 Å². The first-order valence-electron chi connectivity index (χ1n) is 7.78. The molecule has 1 aromatic carbocycles. The fourth-order valence-electron chi connectivity index (χ4n) is 2.31. The lowest BCUT2D eigenvalue weighted by atomic mass is 10.2. The summed E-state index contributed by atoms with van der Waals surface area (Å²) in [5, 5.41) is 20.8. The summed E-state index contributed by atoms with van der Waals surface area (Å²) in [7, 11) is 0. The number of anilines is 3. The van der Waals surface area contributed by atoms with Gasteiger partial charge < -0.3 is 15.7 Å². The van der Waals surface area contributed by atoms with Crippen LogP contribution in [-0.4, -0.2) is 31.9 Å². The number of benzene rings is 1. The predicted molar refractivity (Wildman–Crippen MR) is 88.3 cm³/mol. The molecule has 0 aliphatic rings. The molecule has 2 heterocycles. The van der Waals surface area contributed by atoms with Crippen LogP contribution in [0.3, 0.4) is 0 Å².